The second-order valence-electron chi connectivity index (χ2n) is 4.67. The average Bonchev–Trinajstić information content (AvgIpc) is 3.17. The first-order valence-corrected chi connectivity index (χ1v) is 8.96. The van der Waals surface area contributed by atoms with Gasteiger partial charge in [-0.3, -0.25) is 24.3 Å². The molecule has 0 atom stereocenters. The fraction of sp³-hybridized carbons (Fsp3) is 0.100. The molecule has 0 aliphatic rings. The van der Waals surface area contributed by atoms with E-state index in [9.17, 15) is 0 Å². The minimum atomic E-state index is 0. The van der Waals surface area contributed by atoms with Crippen molar-refractivity contribution in [3.05, 3.63) is 84.9 Å². The van der Waals surface area contributed by atoms with Crippen LogP contribution < -0.4 is 0 Å². The summed E-state index contributed by atoms with van der Waals surface area (Å²) in [5, 5.41) is 5.10. The molecule has 0 saturated carbocycles. The van der Waals surface area contributed by atoms with Gasteiger partial charge in [0.2, 0.25) is 0 Å². The van der Waals surface area contributed by atoms with Crippen LogP contribution in [0.2, 0.25) is 13.1 Å². The van der Waals surface area contributed by atoms with Crippen LogP contribution in [0.3, 0.4) is 0 Å². The molecular formula is C20H18SiZr. The normalized spacial score (nSPS) is 9.18. The van der Waals surface area contributed by atoms with Gasteiger partial charge in [-0.15, -0.1) is 24.3 Å². The Balaban J connectivity index is 0.000000181. The van der Waals surface area contributed by atoms with E-state index >= 15 is 0 Å². The Bertz CT molecular complexity index is 641. The van der Waals surface area contributed by atoms with Gasteiger partial charge in [0.05, 0.1) is 0 Å². The van der Waals surface area contributed by atoms with E-state index in [1.165, 1.54) is 21.5 Å². The van der Waals surface area contributed by atoms with Gasteiger partial charge in [-0.25, -0.2) is 33.7 Å². The molecule has 106 valence electrons. The quantitative estimate of drug-likeness (QED) is 0.280. The molecular weight excluding hydrogens is 360 g/mol. The van der Waals surface area contributed by atoms with Crippen LogP contribution in [0.15, 0.2) is 72.8 Å². The largest absolute Gasteiger partial charge is 4.00 e. The summed E-state index contributed by atoms with van der Waals surface area (Å²) >= 11 is 0. The van der Waals surface area contributed by atoms with E-state index in [1.807, 2.05) is 48.5 Å². The molecule has 0 spiro atoms. The van der Waals surface area contributed by atoms with Gasteiger partial charge in [0, 0.05) is 9.52 Å². The fourth-order valence-electron chi connectivity index (χ4n) is 1.99. The molecule has 0 bridgehead atoms. The Kier molecular flexibility index (Phi) is 8.96. The molecule has 0 saturated heterocycles. The van der Waals surface area contributed by atoms with Crippen molar-refractivity contribution in [2.45, 2.75) is 13.1 Å². The van der Waals surface area contributed by atoms with Crippen LogP contribution in [0.4, 0.5) is 0 Å². The van der Waals surface area contributed by atoms with Crippen LogP contribution in [0, 0.1) is 12.1 Å². The maximum Gasteiger partial charge on any atom is 4.00 e. The summed E-state index contributed by atoms with van der Waals surface area (Å²) in [6.07, 6.45) is 0. The van der Waals surface area contributed by atoms with Crippen LogP contribution in [0.1, 0.15) is 0 Å². The van der Waals surface area contributed by atoms with E-state index in [0.29, 0.717) is 0 Å². The Hall–Kier alpha value is -1.24. The topological polar surface area (TPSA) is 0 Å². The molecule has 0 fully saturated rings. The molecule has 0 N–H and O–H groups in total. The molecule has 0 unspecified atom stereocenters. The monoisotopic (exact) mass is 376 g/mol. The van der Waals surface area contributed by atoms with Crippen molar-refractivity contribution < 1.29 is 26.2 Å². The predicted octanol–water partition coefficient (Wildman–Crippen LogP) is 5.50. The number of fused-ring (bicyclic) bond motifs is 2. The van der Waals surface area contributed by atoms with Gasteiger partial charge >= 0.3 is 26.2 Å². The van der Waals surface area contributed by atoms with Crippen molar-refractivity contribution in [3.8, 4) is 0 Å². The zero-order valence-electron chi connectivity index (χ0n) is 12.9. The van der Waals surface area contributed by atoms with Crippen molar-refractivity contribution in [3.63, 3.8) is 0 Å². The predicted molar refractivity (Wildman–Crippen MR) is 94.2 cm³/mol. The maximum atomic E-state index is 3.04. The minimum absolute atomic E-state index is 0. The van der Waals surface area contributed by atoms with E-state index in [-0.39, 0.29) is 26.2 Å². The standard InChI is InChI=1S/2C9H6.C2H6Si.Zr/c2*1-2-5-9-7-3-6-8(9)4-1;1-3-2;/h2*1-2,4-7H;1-2H3;/q2*-2;;+4. The third kappa shape index (κ3) is 5.51. The van der Waals surface area contributed by atoms with Crippen molar-refractivity contribution in [2.24, 2.45) is 0 Å². The third-order valence-corrected chi connectivity index (χ3v) is 2.95. The SMILES string of the molecule is C[Si]C.[Zr+4].[c-]1cc2ccccc2[cH-]1.[c-]1cc2ccccc2[cH-]1. The van der Waals surface area contributed by atoms with Gasteiger partial charge in [0.15, 0.2) is 0 Å². The summed E-state index contributed by atoms with van der Waals surface area (Å²) in [4.78, 5) is 0. The first kappa shape index (κ1) is 18.8. The number of benzene rings is 2. The molecule has 22 heavy (non-hydrogen) atoms. The molecule has 4 rings (SSSR count). The van der Waals surface area contributed by atoms with E-state index in [1.54, 1.807) is 0 Å². The Morgan fingerprint density at radius 3 is 1.45 bits per heavy atom. The smallest absolute Gasteiger partial charge is 0.282 e. The van der Waals surface area contributed by atoms with Crippen LogP contribution in [-0.2, 0) is 26.2 Å². The Morgan fingerprint density at radius 1 is 0.727 bits per heavy atom. The van der Waals surface area contributed by atoms with E-state index in [4.69, 9.17) is 0 Å². The molecule has 0 aliphatic carbocycles. The van der Waals surface area contributed by atoms with E-state index in [2.05, 4.69) is 49.5 Å². The molecule has 0 amide bonds. The second kappa shape index (κ2) is 10.5. The minimum Gasteiger partial charge on any atom is -0.282 e. The molecule has 2 heteroatoms. The van der Waals surface area contributed by atoms with E-state index < -0.39 is 0 Å². The van der Waals surface area contributed by atoms with Gasteiger partial charge < -0.3 is 0 Å². The zero-order chi connectivity index (χ0) is 14.9. The van der Waals surface area contributed by atoms with Crippen LogP contribution >= 0.6 is 0 Å². The van der Waals surface area contributed by atoms with Crippen molar-refractivity contribution >= 4 is 31.1 Å². The molecule has 0 nitrogen and oxygen atoms in total. The first-order valence-electron chi connectivity index (χ1n) is 6.96. The molecule has 0 heterocycles. The summed E-state index contributed by atoms with van der Waals surface area (Å²) in [6.45, 7) is 4.31. The van der Waals surface area contributed by atoms with Gasteiger partial charge in [0.1, 0.15) is 0 Å². The summed E-state index contributed by atoms with van der Waals surface area (Å²) in [7, 11) is 1.08. The molecule has 0 aliphatic heterocycles. The van der Waals surface area contributed by atoms with Gasteiger partial charge in [0.25, 0.3) is 0 Å². The third-order valence-electron chi connectivity index (χ3n) is 2.95. The molecule has 4 aromatic rings. The number of hydrogen-bond acceptors (Lipinski definition) is 0. The van der Waals surface area contributed by atoms with Crippen LogP contribution in [-0.4, -0.2) is 9.52 Å². The van der Waals surface area contributed by atoms with Gasteiger partial charge in [-0.05, 0) is 0 Å². The Morgan fingerprint density at radius 2 is 1.09 bits per heavy atom. The number of hydrogen-bond donors (Lipinski definition) is 0. The van der Waals surface area contributed by atoms with Gasteiger partial charge in [-0.1, -0.05) is 25.2 Å². The van der Waals surface area contributed by atoms with Crippen molar-refractivity contribution in [1.29, 1.82) is 0 Å². The fourth-order valence-corrected chi connectivity index (χ4v) is 1.99. The number of rotatable bonds is 0. The van der Waals surface area contributed by atoms with Gasteiger partial charge in [-0.2, -0.15) is 12.1 Å². The summed E-state index contributed by atoms with van der Waals surface area (Å²) in [5.74, 6) is 0. The maximum absolute atomic E-state index is 3.04. The van der Waals surface area contributed by atoms with Crippen molar-refractivity contribution in [1.82, 2.24) is 0 Å². The molecule has 4 aromatic carbocycles. The molecule has 2 radical (unpaired) electrons. The summed E-state index contributed by atoms with van der Waals surface area (Å²) < 4.78 is 0. The van der Waals surface area contributed by atoms with E-state index in [0.717, 1.165) is 9.52 Å². The van der Waals surface area contributed by atoms with Crippen molar-refractivity contribution in [2.75, 3.05) is 0 Å². The van der Waals surface area contributed by atoms with Crippen LogP contribution in [0.25, 0.3) is 21.5 Å². The summed E-state index contributed by atoms with van der Waals surface area (Å²) in [5.41, 5.74) is 0. The van der Waals surface area contributed by atoms with Crippen LogP contribution in [0.5, 0.6) is 0 Å². The first-order chi connectivity index (χ1) is 10.3. The zero-order valence-corrected chi connectivity index (χ0v) is 16.4. The summed E-state index contributed by atoms with van der Waals surface area (Å²) in [6, 6.07) is 30.6. The average molecular weight is 378 g/mol. The second-order valence-corrected chi connectivity index (χ2v) is 5.67. The Labute approximate surface area is 154 Å². The molecule has 0 aromatic heterocycles.